The second-order valence-corrected chi connectivity index (χ2v) is 9.03. The summed E-state index contributed by atoms with van der Waals surface area (Å²) < 4.78 is 33.1. The summed E-state index contributed by atoms with van der Waals surface area (Å²) in [4.78, 5) is 0. The van der Waals surface area contributed by atoms with Gasteiger partial charge in [-0.2, -0.15) is 4.31 Å². The Morgan fingerprint density at radius 2 is 2.19 bits per heavy atom. The molecule has 0 amide bonds. The number of nitrogens with zero attached hydrogens (tertiary/aromatic N) is 1. The quantitative estimate of drug-likeness (QED) is 0.894. The third-order valence-corrected chi connectivity index (χ3v) is 7.36. The molecule has 1 saturated heterocycles. The molecule has 1 aliphatic heterocycles. The van der Waals surface area contributed by atoms with Gasteiger partial charge in [0, 0.05) is 25.2 Å². The molecule has 118 valence electrons. The first-order valence-corrected chi connectivity index (χ1v) is 9.73. The van der Waals surface area contributed by atoms with Crippen molar-refractivity contribution in [1.82, 2.24) is 9.62 Å². The van der Waals surface area contributed by atoms with E-state index in [0.717, 1.165) is 12.1 Å². The van der Waals surface area contributed by atoms with Crippen LogP contribution in [0.5, 0.6) is 0 Å². The van der Waals surface area contributed by atoms with Crippen LogP contribution in [-0.2, 0) is 21.3 Å². The standard InChI is InChI=1S/C14H22N2O3S2/c1-10-8-19-11(2)7-16(10)21(17,18)14-5-12(9-20-14)6-15-13-3-4-13/h5,9-11,13,15H,3-4,6-8H2,1-2H3. The second-order valence-electron chi connectivity index (χ2n) is 6.00. The van der Waals surface area contributed by atoms with E-state index >= 15 is 0 Å². The van der Waals surface area contributed by atoms with Gasteiger partial charge in [-0.25, -0.2) is 8.42 Å². The molecule has 2 unspecified atom stereocenters. The van der Waals surface area contributed by atoms with Crippen molar-refractivity contribution in [3.05, 3.63) is 17.0 Å². The lowest BCUT2D eigenvalue weighted by molar-refractivity contribution is -0.0170. The van der Waals surface area contributed by atoms with Crippen molar-refractivity contribution in [2.24, 2.45) is 0 Å². The summed E-state index contributed by atoms with van der Waals surface area (Å²) in [6.07, 6.45) is 2.42. The topological polar surface area (TPSA) is 58.6 Å². The molecule has 1 N–H and O–H groups in total. The molecule has 2 heterocycles. The third-order valence-electron chi connectivity index (χ3n) is 3.92. The first kappa shape index (κ1) is 15.4. The Labute approximate surface area is 130 Å². The van der Waals surface area contributed by atoms with Gasteiger partial charge in [0.2, 0.25) is 0 Å². The van der Waals surface area contributed by atoms with Crippen LogP contribution in [0, 0.1) is 0 Å². The summed E-state index contributed by atoms with van der Waals surface area (Å²) in [5, 5.41) is 5.35. The lowest BCUT2D eigenvalue weighted by atomic mass is 10.2. The van der Waals surface area contributed by atoms with Gasteiger partial charge in [-0.1, -0.05) is 0 Å². The zero-order chi connectivity index (χ0) is 15.0. The number of nitrogens with one attached hydrogen (secondary N) is 1. The van der Waals surface area contributed by atoms with E-state index in [1.807, 2.05) is 25.3 Å². The van der Waals surface area contributed by atoms with E-state index in [-0.39, 0.29) is 12.1 Å². The van der Waals surface area contributed by atoms with Crippen LogP contribution in [0.25, 0.3) is 0 Å². The van der Waals surface area contributed by atoms with E-state index in [1.165, 1.54) is 24.2 Å². The molecule has 1 saturated carbocycles. The monoisotopic (exact) mass is 330 g/mol. The van der Waals surface area contributed by atoms with E-state index < -0.39 is 10.0 Å². The maximum Gasteiger partial charge on any atom is 0.252 e. The van der Waals surface area contributed by atoms with Gasteiger partial charge in [-0.15, -0.1) is 11.3 Å². The number of hydrogen-bond acceptors (Lipinski definition) is 5. The minimum atomic E-state index is -3.40. The molecule has 0 bridgehead atoms. The molecular weight excluding hydrogens is 308 g/mol. The molecule has 3 rings (SSSR count). The number of sulfonamides is 1. The van der Waals surface area contributed by atoms with Crippen molar-refractivity contribution in [1.29, 1.82) is 0 Å². The summed E-state index contributed by atoms with van der Waals surface area (Å²) in [7, 11) is -3.40. The highest BCUT2D eigenvalue weighted by Gasteiger charge is 2.35. The maximum absolute atomic E-state index is 12.8. The van der Waals surface area contributed by atoms with Gasteiger partial charge in [0.05, 0.1) is 12.7 Å². The first-order valence-electron chi connectivity index (χ1n) is 7.41. The van der Waals surface area contributed by atoms with E-state index in [0.29, 0.717) is 23.4 Å². The molecule has 5 nitrogen and oxygen atoms in total. The van der Waals surface area contributed by atoms with E-state index in [4.69, 9.17) is 4.74 Å². The molecule has 0 radical (unpaired) electrons. The summed E-state index contributed by atoms with van der Waals surface area (Å²) in [5.41, 5.74) is 1.06. The van der Waals surface area contributed by atoms with Gasteiger partial charge < -0.3 is 10.1 Å². The van der Waals surface area contributed by atoms with Crippen LogP contribution in [0.2, 0.25) is 0 Å². The Morgan fingerprint density at radius 1 is 1.43 bits per heavy atom. The Hall–Kier alpha value is -0.470. The van der Waals surface area contributed by atoms with Gasteiger partial charge in [0.1, 0.15) is 4.21 Å². The second kappa shape index (κ2) is 5.96. The van der Waals surface area contributed by atoms with E-state index in [2.05, 4.69) is 5.32 Å². The van der Waals surface area contributed by atoms with E-state index in [1.54, 1.807) is 4.31 Å². The third kappa shape index (κ3) is 3.48. The fraction of sp³-hybridized carbons (Fsp3) is 0.714. The fourth-order valence-electron chi connectivity index (χ4n) is 2.45. The normalized spacial score (nSPS) is 27.9. The van der Waals surface area contributed by atoms with Crippen molar-refractivity contribution in [2.45, 2.75) is 55.6 Å². The number of rotatable bonds is 5. The number of hydrogen-bond donors (Lipinski definition) is 1. The minimum absolute atomic E-state index is 0.0491. The van der Waals surface area contributed by atoms with Crippen molar-refractivity contribution in [2.75, 3.05) is 13.2 Å². The highest BCUT2D eigenvalue weighted by molar-refractivity contribution is 7.91. The van der Waals surface area contributed by atoms with Gasteiger partial charge in [0.25, 0.3) is 10.0 Å². The first-order chi connectivity index (χ1) is 9.96. The predicted octanol–water partition coefficient (Wildman–Crippen LogP) is 1.80. The lowest BCUT2D eigenvalue weighted by Gasteiger charge is -2.35. The van der Waals surface area contributed by atoms with Crippen LogP contribution >= 0.6 is 11.3 Å². The molecule has 7 heteroatoms. The molecule has 2 fully saturated rings. The largest absolute Gasteiger partial charge is 0.375 e. The summed E-state index contributed by atoms with van der Waals surface area (Å²) >= 11 is 1.32. The van der Waals surface area contributed by atoms with Crippen molar-refractivity contribution in [3.8, 4) is 0 Å². The Morgan fingerprint density at radius 3 is 2.90 bits per heavy atom. The molecule has 1 aromatic heterocycles. The van der Waals surface area contributed by atoms with Crippen LogP contribution in [0.15, 0.2) is 15.7 Å². The molecule has 0 aromatic carbocycles. The summed E-state index contributed by atoms with van der Waals surface area (Å²) in [6, 6.07) is 2.33. The zero-order valence-electron chi connectivity index (χ0n) is 12.4. The maximum atomic E-state index is 12.8. The van der Waals surface area contributed by atoms with Crippen molar-refractivity contribution >= 4 is 21.4 Å². The Kier molecular flexibility index (Phi) is 4.38. The average molecular weight is 330 g/mol. The molecule has 2 aliphatic rings. The van der Waals surface area contributed by atoms with Gasteiger partial charge in [-0.05, 0) is 43.7 Å². The molecular formula is C14H22N2O3S2. The minimum Gasteiger partial charge on any atom is -0.375 e. The highest BCUT2D eigenvalue weighted by atomic mass is 32.2. The molecule has 0 spiro atoms. The van der Waals surface area contributed by atoms with Gasteiger partial charge in [0.15, 0.2) is 0 Å². The van der Waals surface area contributed by atoms with Crippen LogP contribution in [0.4, 0.5) is 0 Å². The van der Waals surface area contributed by atoms with Crippen LogP contribution in [0.1, 0.15) is 32.3 Å². The molecule has 1 aliphatic carbocycles. The van der Waals surface area contributed by atoms with Crippen LogP contribution < -0.4 is 5.32 Å². The molecule has 1 aromatic rings. The Balaban J connectivity index is 1.73. The van der Waals surface area contributed by atoms with Crippen LogP contribution in [0.3, 0.4) is 0 Å². The fourth-order valence-corrected chi connectivity index (χ4v) is 5.48. The van der Waals surface area contributed by atoms with Gasteiger partial charge in [-0.3, -0.25) is 0 Å². The Bertz CT molecular complexity index is 595. The van der Waals surface area contributed by atoms with E-state index in [9.17, 15) is 8.42 Å². The van der Waals surface area contributed by atoms with Gasteiger partial charge >= 0.3 is 0 Å². The van der Waals surface area contributed by atoms with Crippen molar-refractivity contribution < 1.29 is 13.2 Å². The van der Waals surface area contributed by atoms with Crippen molar-refractivity contribution in [3.63, 3.8) is 0 Å². The van der Waals surface area contributed by atoms with Crippen LogP contribution in [-0.4, -0.2) is 44.1 Å². The lowest BCUT2D eigenvalue weighted by Crippen LogP contribution is -2.49. The smallest absolute Gasteiger partial charge is 0.252 e. The molecule has 2 atom stereocenters. The highest BCUT2D eigenvalue weighted by Crippen LogP contribution is 2.28. The number of morpholine rings is 1. The SMILES string of the molecule is CC1CN(S(=O)(=O)c2cc(CNC3CC3)cs2)C(C)CO1. The number of ether oxygens (including phenoxy) is 1. The average Bonchev–Trinajstić information content (AvgIpc) is 3.15. The molecule has 21 heavy (non-hydrogen) atoms. The number of thiophene rings is 1. The summed E-state index contributed by atoms with van der Waals surface area (Å²) in [6.45, 7) is 5.45. The predicted molar refractivity (Wildman–Crippen MR) is 82.9 cm³/mol. The zero-order valence-corrected chi connectivity index (χ0v) is 14.0. The summed E-state index contributed by atoms with van der Waals surface area (Å²) in [5.74, 6) is 0.